The molecule has 0 atom stereocenters. The topological polar surface area (TPSA) is 111 Å². The second-order valence-electron chi connectivity index (χ2n) is 5.29. The molecule has 0 aliphatic heterocycles. The van der Waals surface area contributed by atoms with Gasteiger partial charge < -0.3 is 16.2 Å². The predicted molar refractivity (Wildman–Crippen MR) is 102 cm³/mol. The summed E-state index contributed by atoms with van der Waals surface area (Å²) in [6.45, 7) is 0.146. The maximum Gasteiger partial charge on any atom is 0.222 e. The van der Waals surface area contributed by atoms with Crippen molar-refractivity contribution in [1.82, 2.24) is 9.97 Å². The Kier molecular flexibility index (Phi) is 5.12. The largest absolute Gasteiger partial charge is 0.488 e. The number of hydrogen-bond acceptors (Lipinski definition) is 6. The van der Waals surface area contributed by atoms with Crippen molar-refractivity contribution in [2.45, 2.75) is 6.61 Å². The molecule has 4 N–H and O–H groups in total. The zero-order chi connectivity index (χ0) is 18.7. The molecule has 0 saturated carbocycles. The lowest BCUT2D eigenvalue weighted by Gasteiger charge is -2.14. The smallest absolute Gasteiger partial charge is 0.222 e. The molecule has 0 spiro atoms. The standard InChI is InChI=1S/C18H13Cl2N5O/c19-13-5-3-6-14(20)12(13)9-26-15-7-2-1-4-10(15)16-11(8-21)17(22)25-18(23)24-16/h1-7H,9H2,(H4,22,23,24,25). The molecule has 0 fully saturated rings. The van der Waals surface area contributed by atoms with E-state index in [1.54, 1.807) is 42.5 Å². The van der Waals surface area contributed by atoms with Crippen LogP contribution in [0.4, 0.5) is 11.8 Å². The summed E-state index contributed by atoms with van der Waals surface area (Å²) in [5, 5.41) is 10.4. The number of nitrogen functional groups attached to an aromatic ring is 2. The number of hydrogen-bond donors (Lipinski definition) is 2. The Hall–Kier alpha value is -3.01. The van der Waals surface area contributed by atoms with Crippen LogP contribution in [0.25, 0.3) is 11.3 Å². The Balaban J connectivity index is 2.02. The number of para-hydroxylation sites is 1. The number of nitriles is 1. The molecule has 130 valence electrons. The third-order valence-corrected chi connectivity index (χ3v) is 4.35. The second kappa shape index (κ2) is 7.48. The van der Waals surface area contributed by atoms with Gasteiger partial charge in [-0.15, -0.1) is 0 Å². The van der Waals surface area contributed by atoms with Crippen molar-refractivity contribution < 1.29 is 4.74 Å². The third kappa shape index (κ3) is 3.49. The Morgan fingerprint density at radius 1 is 1.00 bits per heavy atom. The quantitative estimate of drug-likeness (QED) is 0.699. The Labute approximate surface area is 160 Å². The van der Waals surface area contributed by atoms with Crippen molar-refractivity contribution in [2.24, 2.45) is 0 Å². The van der Waals surface area contributed by atoms with Gasteiger partial charge >= 0.3 is 0 Å². The van der Waals surface area contributed by atoms with Gasteiger partial charge in [-0.3, -0.25) is 0 Å². The minimum Gasteiger partial charge on any atom is -0.488 e. The minimum atomic E-state index is -0.0274. The normalized spacial score (nSPS) is 10.3. The van der Waals surface area contributed by atoms with E-state index < -0.39 is 0 Å². The predicted octanol–water partition coefficient (Wildman–Crippen LogP) is 4.07. The van der Waals surface area contributed by atoms with Gasteiger partial charge in [0, 0.05) is 21.2 Å². The SMILES string of the molecule is N#Cc1c(N)nc(N)nc1-c1ccccc1OCc1c(Cl)cccc1Cl. The fourth-order valence-corrected chi connectivity index (χ4v) is 2.92. The molecule has 8 heteroatoms. The maximum atomic E-state index is 9.40. The summed E-state index contributed by atoms with van der Waals surface area (Å²) in [5.74, 6) is 0.469. The van der Waals surface area contributed by atoms with Crippen LogP contribution in [0.5, 0.6) is 5.75 Å². The van der Waals surface area contributed by atoms with Crippen LogP contribution in [0.3, 0.4) is 0 Å². The monoisotopic (exact) mass is 385 g/mol. The average molecular weight is 386 g/mol. The summed E-state index contributed by atoms with van der Waals surface area (Å²) in [5.41, 5.74) is 13.1. The van der Waals surface area contributed by atoms with E-state index in [2.05, 4.69) is 9.97 Å². The van der Waals surface area contributed by atoms with Crippen LogP contribution >= 0.6 is 23.2 Å². The molecule has 6 nitrogen and oxygen atoms in total. The molecule has 2 aromatic carbocycles. The Morgan fingerprint density at radius 3 is 2.38 bits per heavy atom. The van der Waals surface area contributed by atoms with Crippen LogP contribution in [0.1, 0.15) is 11.1 Å². The Bertz CT molecular complexity index is 997. The van der Waals surface area contributed by atoms with Crippen LogP contribution in [0.15, 0.2) is 42.5 Å². The molecule has 0 aliphatic rings. The second-order valence-corrected chi connectivity index (χ2v) is 6.10. The number of rotatable bonds is 4. The first-order valence-corrected chi connectivity index (χ1v) is 8.25. The van der Waals surface area contributed by atoms with Gasteiger partial charge in [0.2, 0.25) is 5.95 Å². The first-order chi connectivity index (χ1) is 12.5. The molecular formula is C18H13Cl2N5O. The van der Waals surface area contributed by atoms with Crippen LogP contribution in [0.2, 0.25) is 10.0 Å². The van der Waals surface area contributed by atoms with Crippen molar-refractivity contribution in [3.05, 3.63) is 63.6 Å². The first-order valence-electron chi connectivity index (χ1n) is 7.49. The van der Waals surface area contributed by atoms with Gasteiger partial charge in [0.15, 0.2) is 0 Å². The van der Waals surface area contributed by atoms with Crippen LogP contribution in [0, 0.1) is 11.3 Å². The molecule has 0 bridgehead atoms. The van der Waals surface area contributed by atoms with Crippen LogP contribution in [-0.4, -0.2) is 9.97 Å². The summed E-state index contributed by atoms with van der Waals surface area (Å²) in [6, 6.07) is 14.3. The number of nitrogens with zero attached hydrogens (tertiary/aromatic N) is 3. The van der Waals surface area contributed by atoms with Gasteiger partial charge in [-0.05, 0) is 24.3 Å². The lowest BCUT2D eigenvalue weighted by atomic mass is 10.1. The lowest BCUT2D eigenvalue weighted by Crippen LogP contribution is -2.06. The van der Waals surface area contributed by atoms with Gasteiger partial charge in [0.25, 0.3) is 0 Å². The number of halogens is 2. The van der Waals surface area contributed by atoms with Crippen molar-refractivity contribution in [1.29, 1.82) is 5.26 Å². The number of ether oxygens (including phenoxy) is 1. The molecule has 0 radical (unpaired) electrons. The van der Waals surface area contributed by atoms with E-state index in [1.165, 1.54) is 0 Å². The highest BCUT2D eigenvalue weighted by Crippen LogP contribution is 2.34. The van der Waals surface area contributed by atoms with Crippen molar-refractivity contribution in [3.63, 3.8) is 0 Å². The van der Waals surface area contributed by atoms with Crippen molar-refractivity contribution in [3.8, 4) is 23.1 Å². The zero-order valence-corrected chi connectivity index (χ0v) is 14.9. The maximum absolute atomic E-state index is 9.40. The summed E-state index contributed by atoms with van der Waals surface area (Å²) in [7, 11) is 0. The highest BCUT2D eigenvalue weighted by atomic mass is 35.5. The number of aromatic nitrogens is 2. The molecule has 0 aliphatic carbocycles. The zero-order valence-electron chi connectivity index (χ0n) is 13.4. The van der Waals surface area contributed by atoms with Crippen molar-refractivity contribution in [2.75, 3.05) is 11.5 Å². The molecule has 1 aromatic heterocycles. The molecule has 3 rings (SSSR count). The molecule has 1 heterocycles. The summed E-state index contributed by atoms with van der Waals surface area (Å²) in [4.78, 5) is 7.98. The van der Waals surface area contributed by atoms with Gasteiger partial charge in [-0.1, -0.05) is 41.4 Å². The number of anilines is 2. The Morgan fingerprint density at radius 2 is 1.69 bits per heavy atom. The van der Waals surface area contributed by atoms with Gasteiger partial charge in [-0.2, -0.15) is 10.2 Å². The molecule has 0 saturated heterocycles. The van der Waals surface area contributed by atoms with E-state index in [4.69, 9.17) is 39.4 Å². The molecule has 0 amide bonds. The highest BCUT2D eigenvalue weighted by molar-refractivity contribution is 6.35. The number of nitrogens with two attached hydrogens (primary N) is 2. The fourth-order valence-electron chi connectivity index (χ4n) is 2.41. The molecule has 3 aromatic rings. The van der Waals surface area contributed by atoms with E-state index in [0.717, 1.165) is 0 Å². The molecule has 26 heavy (non-hydrogen) atoms. The van der Waals surface area contributed by atoms with E-state index in [1.807, 2.05) is 6.07 Å². The van der Waals surface area contributed by atoms with Gasteiger partial charge in [-0.25, -0.2) is 4.98 Å². The lowest BCUT2D eigenvalue weighted by molar-refractivity contribution is 0.307. The van der Waals surface area contributed by atoms with Crippen LogP contribution < -0.4 is 16.2 Å². The number of benzene rings is 2. The summed E-state index contributed by atoms with van der Waals surface area (Å²) < 4.78 is 5.90. The van der Waals surface area contributed by atoms with E-state index >= 15 is 0 Å². The minimum absolute atomic E-state index is 0.0129. The van der Waals surface area contributed by atoms with E-state index in [9.17, 15) is 5.26 Å². The van der Waals surface area contributed by atoms with Crippen molar-refractivity contribution >= 4 is 35.0 Å². The van der Waals surface area contributed by atoms with Crippen LogP contribution in [-0.2, 0) is 6.61 Å². The molecular weight excluding hydrogens is 373 g/mol. The third-order valence-electron chi connectivity index (χ3n) is 3.64. The van der Waals surface area contributed by atoms with Gasteiger partial charge in [0.1, 0.15) is 29.8 Å². The highest BCUT2D eigenvalue weighted by Gasteiger charge is 2.17. The summed E-state index contributed by atoms with van der Waals surface area (Å²) >= 11 is 12.4. The first kappa shape index (κ1) is 17.8. The summed E-state index contributed by atoms with van der Waals surface area (Å²) in [6.07, 6.45) is 0. The molecule has 0 unspecified atom stereocenters. The average Bonchev–Trinajstić information content (AvgIpc) is 2.61. The van der Waals surface area contributed by atoms with E-state index in [-0.39, 0.29) is 23.9 Å². The van der Waals surface area contributed by atoms with E-state index in [0.29, 0.717) is 32.6 Å². The fraction of sp³-hybridized carbons (Fsp3) is 0.0556. The van der Waals surface area contributed by atoms with Gasteiger partial charge in [0.05, 0.1) is 5.69 Å².